The second-order valence-electron chi connectivity index (χ2n) is 7.74. The quantitative estimate of drug-likeness (QED) is 0.408. The molecule has 0 aliphatic carbocycles. The molecule has 3 saturated heterocycles. The van der Waals surface area contributed by atoms with Crippen molar-refractivity contribution in [1.82, 2.24) is 10.0 Å². The SMILES string of the molecule is COc1ccccc1[C@H]1[C@H]2C(=O)N(c3ccc(Cl)c([N+](=O)[O-])c3)C(=O)[C@H]2N2CCCN12. The second-order valence-corrected chi connectivity index (χ2v) is 8.15. The standard InChI is InChI=1S/C21H19ClN4O5/c1-31-16-6-3-2-5-13(16)18-17-19(24-10-4-9-23(18)24)21(28)25(20(17)27)12-7-8-14(22)15(11-12)26(29)30/h2-3,5-8,11,17-19H,4,9-10H2,1H3/t17-,18+,19+/m1/s1. The van der Waals surface area contributed by atoms with Crippen LogP contribution in [0.5, 0.6) is 5.75 Å². The Morgan fingerprint density at radius 3 is 2.48 bits per heavy atom. The molecule has 31 heavy (non-hydrogen) atoms. The van der Waals surface area contributed by atoms with E-state index >= 15 is 0 Å². The van der Waals surface area contributed by atoms with Gasteiger partial charge in [0.25, 0.3) is 11.6 Å². The largest absolute Gasteiger partial charge is 0.496 e. The number of anilines is 1. The Morgan fingerprint density at radius 1 is 1.06 bits per heavy atom. The Kier molecular flexibility index (Phi) is 4.69. The van der Waals surface area contributed by atoms with Gasteiger partial charge in [-0.25, -0.2) is 14.9 Å². The molecule has 2 aromatic carbocycles. The van der Waals surface area contributed by atoms with E-state index in [1.165, 1.54) is 18.2 Å². The topological polar surface area (TPSA) is 96.2 Å². The zero-order chi connectivity index (χ0) is 21.9. The molecule has 3 aliphatic rings. The van der Waals surface area contributed by atoms with Crippen molar-refractivity contribution < 1.29 is 19.2 Å². The van der Waals surface area contributed by atoms with Crippen molar-refractivity contribution in [2.75, 3.05) is 25.1 Å². The molecule has 2 aromatic rings. The fourth-order valence-electron chi connectivity index (χ4n) is 5.03. The molecule has 160 valence electrons. The van der Waals surface area contributed by atoms with E-state index in [2.05, 4.69) is 5.01 Å². The zero-order valence-corrected chi connectivity index (χ0v) is 17.4. The number of hydrogen-bond acceptors (Lipinski definition) is 7. The van der Waals surface area contributed by atoms with Crippen LogP contribution in [0, 0.1) is 16.0 Å². The number of amides is 2. The normalized spacial score (nSPS) is 25.7. The second kappa shape index (κ2) is 7.30. The van der Waals surface area contributed by atoms with Crippen molar-refractivity contribution in [1.29, 1.82) is 0 Å². The Morgan fingerprint density at radius 2 is 1.77 bits per heavy atom. The first-order chi connectivity index (χ1) is 14.9. The number of carbonyl (C=O) groups is 2. The molecule has 2 amide bonds. The number of rotatable bonds is 4. The lowest BCUT2D eigenvalue weighted by atomic mass is 9.89. The van der Waals surface area contributed by atoms with Gasteiger partial charge in [0.1, 0.15) is 16.8 Å². The molecule has 0 N–H and O–H groups in total. The number of halogens is 1. The molecule has 0 radical (unpaired) electrons. The number of nitro benzene ring substituents is 1. The van der Waals surface area contributed by atoms with Crippen molar-refractivity contribution in [2.45, 2.75) is 18.5 Å². The van der Waals surface area contributed by atoms with Gasteiger partial charge >= 0.3 is 0 Å². The number of benzene rings is 2. The summed E-state index contributed by atoms with van der Waals surface area (Å²) >= 11 is 5.92. The summed E-state index contributed by atoms with van der Waals surface area (Å²) in [6.07, 6.45) is 0.878. The highest BCUT2D eigenvalue weighted by atomic mass is 35.5. The first kappa shape index (κ1) is 19.9. The Balaban J connectivity index is 1.60. The smallest absolute Gasteiger partial charge is 0.289 e. The van der Waals surface area contributed by atoms with Crippen molar-refractivity contribution in [3.63, 3.8) is 0 Å². The number of nitro groups is 1. The van der Waals surface area contributed by atoms with Crippen molar-refractivity contribution in [2.24, 2.45) is 5.92 Å². The number of methoxy groups -OCH3 is 1. The van der Waals surface area contributed by atoms with E-state index in [0.29, 0.717) is 12.3 Å². The van der Waals surface area contributed by atoms with Gasteiger partial charge < -0.3 is 4.74 Å². The van der Waals surface area contributed by atoms with Crippen LogP contribution in [0.1, 0.15) is 18.0 Å². The maximum Gasteiger partial charge on any atom is 0.289 e. The van der Waals surface area contributed by atoms with Gasteiger partial charge in [-0.2, -0.15) is 0 Å². The van der Waals surface area contributed by atoms with Gasteiger partial charge in [-0.3, -0.25) is 19.7 Å². The van der Waals surface area contributed by atoms with Crippen LogP contribution in [0.2, 0.25) is 5.02 Å². The predicted octanol–water partition coefficient (Wildman–Crippen LogP) is 2.79. The third-order valence-electron chi connectivity index (χ3n) is 6.25. The monoisotopic (exact) mass is 442 g/mol. The summed E-state index contributed by atoms with van der Waals surface area (Å²) in [5.41, 5.74) is 0.653. The number of imide groups is 1. The molecule has 0 unspecified atom stereocenters. The molecular formula is C21H19ClN4O5. The third-order valence-corrected chi connectivity index (χ3v) is 6.57. The van der Waals surface area contributed by atoms with Crippen LogP contribution in [0.15, 0.2) is 42.5 Å². The van der Waals surface area contributed by atoms with Gasteiger partial charge in [-0.15, -0.1) is 0 Å². The first-order valence-electron chi connectivity index (χ1n) is 9.92. The van der Waals surface area contributed by atoms with Crippen LogP contribution in [0.4, 0.5) is 11.4 Å². The lowest BCUT2D eigenvalue weighted by molar-refractivity contribution is -0.384. The molecule has 0 bridgehead atoms. The van der Waals surface area contributed by atoms with E-state index in [9.17, 15) is 19.7 Å². The lowest BCUT2D eigenvalue weighted by Crippen LogP contribution is -2.44. The molecule has 0 spiro atoms. The highest BCUT2D eigenvalue weighted by molar-refractivity contribution is 6.33. The average molecular weight is 443 g/mol. The predicted molar refractivity (Wildman–Crippen MR) is 112 cm³/mol. The van der Waals surface area contributed by atoms with Crippen LogP contribution < -0.4 is 9.64 Å². The van der Waals surface area contributed by atoms with Gasteiger partial charge in [-0.1, -0.05) is 29.8 Å². The molecule has 3 fully saturated rings. The van der Waals surface area contributed by atoms with Crippen LogP contribution >= 0.6 is 11.6 Å². The summed E-state index contributed by atoms with van der Waals surface area (Å²) in [4.78, 5) is 38.8. The number of hydrogen-bond donors (Lipinski definition) is 0. The molecule has 3 heterocycles. The minimum absolute atomic E-state index is 0.0503. The summed E-state index contributed by atoms with van der Waals surface area (Å²) in [7, 11) is 1.58. The molecule has 3 atom stereocenters. The third kappa shape index (κ3) is 2.84. The van der Waals surface area contributed by atoms with E-state index in [1.54, 1.807) is 7.11 Å². The maximum absolute atomic E-state index is 13.6. The summed E-state index contributed by atoms with van der Waals surface area (Å²) in [6, 6.07) is 10.5. The Bertz CT molecular complexity index is 1110. The fourth-order valence-corrected chi connectivity index (χ4v) is 5.22. The number of nitrogens with zero attached hydrogens (tertiary/aromatic N) is 4. The van der Waals surface area contributed by atoms with Gasteiger partial charge in [0, 0.05) is 24.7 Å². The number of ether oxygens (including phenoxy) is 1. The van der Waals surface area contributed by atoms with E-state index in [1.807, 2.05) is 29.3 Å². The minimum atomic E-state index is -0.653. The molecule has 3 aliphatic heterocycles. The van der Waals surface area contributed by atoms with E-state index in [-0.39, 0.29) is 34.3 Å². The molecule has 0 aromatic heterocycles. The van der Waals surface area contributed by atoms with E-state index in [4.69, 9.17) is 16.3 Å². The van der Waals surface area contributed by atoms with Gasteiger partial charge in [0.15, 0.2) is 0 Å². The number of para-hydroxylation sites is 1. The van der Waals surface area contributed by atoms with E-state index < -0.39 is 16.9 Å². The van der Waals surface area contributed by atoms with Crippen LogP contribution in [0.3, 0.4) is 0 Å². The van der Waals surface area contributed by atoms with Gasteiger partial charge in [0.2, 0.25) is 5.91 Å². The van der Waals surface area contributed by atoms with Crippen LogP contribution in [-0.2, 0) is 9.59 Å². The molecule has 9 nitrogen and oxygen atoms in total. The number of carbonyl (C=O) groups excluding carboxylic acids is 2. The van der Waals surface area contributed by atoms with Crippen molar-refractivity contribution in [3.05, 3.63) is 63.2 Å². The lowest BCUT2D eigenvalue weighted by Gasteiger charge is -2.30. The zero-order valence-electron chi connectivity index (χ0n) is 16.6. The van der Waals surface area contributed by atoms with Gasteiger partial charge in [-0.05, 0) is 24.6 Å². The maximum atomic E-state index is 13.6. The fraction of sp³-hybridized carbons (Fsp3) is 0.333. The Labute approximate surface area is 182 Å². The summed E-state index contributed by atoms with van der Waals surface area (Å²) in [5.74, 6) is -0.743. The van der Waals surface area contributed by atoms with Crippen molar-refractivity contribution in [3.8, 4) is 5.75 Å². The van der Waals surface area contributed by atoms with Crippen LogP contribution in [0.25, 0.3) is 0 Å². The molecular weight excluding hydrogens is 424 g/mol. The summed E-state index contributed by atoms with van der Waals surface area (Å²) < 4.78 is 5.54. The number of hydrazine groups is 1. The van der Waals surface area contributed by atoms with E-state index in [0.717, 1.165) is 23.4 Å². The molecule has 10 heteroatoms. The minimum Gasteiger partial charge on any atom is -0.496 e. The highest BCUT2D eigenvalue weighted by Crippen LogP contribution is 2.50. The number of fused-ring (bicyclic) bond motifs is 3. The molecule has 0 saturated carbocycles. The summed E-state index contributed by atoms with van der Waals surface area (Å²) in [6.45, 7) is 1.41. The Hall–Kier alpha value is -3.01. The van der Waals surface area contributed by atoms with Crippen molar-refractivity contribution >= 4 is 34.8 Å². The highest BCUT2D eigenvalue weighted by Gasteiger charge is 2.63. The first-order valence-corrected chi connectivity index (χ1v) is 10.3. The van der Waals surface area contributed by atoms with Gasteiger partial charge in [0.05, 0.1) is 29.7 Å². The summed E-state index contributed by atoms with van der Waals surface area (Å²) in [5, 5.41) is 15.3. The molecule has 5 rings (SSSR count). The van der Waals surface area contributed by atoms with Crippen LogP contribution in [-0.4, -0.2) is 53.0 Å². The average Bonchev–Trinajstić information content (AvgIpc) is 3.40.